The third-order valence-corrected chi connectivity index (χ3v) is 2.49. The van der Waals surface area contributed by atoms with Gasteiger partial charge in [-0.3, -0.25) is 14.3 Å². The van der Waals surface area contributed by atoms with Gasteiger partial charge in [0, 0.05) is 12.3 Å². The van der Waals surface area contributed by atoms with Gasteiger partial charge in [0.15, 0.2) is 0 Å². The molecule has 1 aromatic heterocycles. The van der Waals surface area contributed by atoms with Crippen LogP contribution in [0.1, 0.15) is 0 Å². The summed E-state index contributed by atoms with van der Waals surface area (Å²) in [6.07, 6.45) is 0.496. The zero-order valence-electron chi connectivity index (χ0n) is 10.2. The predicted molar refractivity (Wildman–Crippen MR) is 69.3 cm³/mol. The minimum absolute atomic E-state index is 0.0580. The average Bonchev–Trinajstić information content (AvgIpc) is 2.41. The molecule has 1 heterocycles. The van der Waals surface area contributed by atoms with Gasteiger partial charge in [-0.1, -0.05) is 18.2 Å². The van der Waals surface area contributed by atoms with E-state index in [1.54, 1.807) is 12.1 Å². The van der Waals surface area contributed by atoms with Gasteiger partial charge in [0.05, 0.1) is 6.54 Å². The van der Waals surface area contributed by atoms with E-state index in [1.807, 2.05) is 18.2 Å². The molecule has 0 saturated carbocycles. The second kappa shape index (κ2) is 6.01. The van der Waals surface area contributed by atoms with Crippen molar-refractivity contribution in [2.45, 2.75) is 12.6 Å². The number of para-hydroxylation sites is 1. The van der Waals surface area contributed by atoms with Crippen molar-refractivity contribution in [3.05, 3.63) is 63.4 Å². The van der Waals surface area contributed by atoms with Crippen LogP contribution in [0, 0.1) is 0 Å². The van der Waals surface area contributed by atoms with Crippen LogP contribution in [-0.2, 0) is 6.54 Å². The van der Waals surface area contributed by atoms with E-state index in [9.17, 15) is 14.7 Å². The van der Waals surface area contributed by atoms with E-state index in [0.717, 1.165) is 0 Å². The van der Waals surface area contributed by atoms with Gasteiger partial charge in [0.25, 0.3) is 5.56 Å². The lowest BCUT2D eigenvalue weighted by molar-refractivity contribution is 0.0912. The average molecular weight is 262 g/mol. The molecule has 6 heteroatoms. The first-order chi connectivity index (χ1) is 9.15. The fourth-order valence-electron chi connectivity index (χ4n) is 1.58. The van der Waals surface area contributed by atoms with E-state index in [1.165, 1.54) is 16.8 Å². The standard InChI is InChI=1S/C13H14N2O4/c16-10(9-19-11-4-2-1-3-5-11)8-15-7-6-12(17)14-13(15)18/h1-7,10,16H,8-9H2,(H,14,17,18)/t10-/m0/s1. The highest BCUT2D eigenvalue weighted by atomic mass is 16.5. The number of nitrogens with zero attached hydrogens (tertiary/aromatic N) is 1. The zero-order chi connectivity index (χ0) is 13.7. The Morgan fingerprint density at radius 3 is 2.63 bits per heavy atom. The number of hydrogen-bond acceptors (Lipinski definition) is 4. The molecule has 0 saturated heterocycles. The number of ether oxygens (including phenoxy) is 1. The highest BCUT2D eigenvalue weighted by Gasteiger charge is 2.07. The molecule has 0 unspecified atom stereocenters. The van der Waals surface area contributed by atoms with Crippen molar-refractivity contribution in [1.29, 1.82) is 0 Å². The number of aliphatic hydroxyl groups excluding tert-OH is 1. The highest BCUT2D eigenvalue weighted by molar-refractivity contribution is 5.20. The molecule has 0 aliphatic rings. The third kappa shape index (κ3) is 3.82. The van der Waals surface area contributed by atoms with Gasteiger partial charge in [-0.2, -0.15) is 0 Å². The summed E-state index contributed by atoms with van der Waals surface area (Å²) in [7, 11) is 0. The summed E-state index contributed by atoms with van der Waals surface area (Å²) >= 11 is 0. The lowest BCUT2D eigenvalue weighted by Gasteiger charge is -2.13. The van der Waals surface area contributed by atoms with Gasteiger partial charge in [0.1, 0.15) is 18.5 Å². The second-order valence-corrected chi connectivity index (χ2v) is 4.04. The molecule has 0 amide bonds. The van der Waals surface area contributed by atoms with E-state index in [-0.39, 0.29) is 13.2 Å². The lowest BCUT2D eigenvalue weighted by Crippen LogP contribution is -2.34. The molecule has 0 aliphatic heterocycles. The van der Waals surface area contributed by atoms with Crippen molar-refractivity contribution < 1.29 is 9.84 Å². The van der Waals surface area contributed by atoms with Crippen molar-refractivity contribution in [3.8, 4) is 5.75 Å². The summed E-state index contributed by atoms with van der Waals surface area (Å²) in [4.78, 5) is 24.4. The monoisotopic (exact) mass is 262 g/mol. The molecule has 2 rings (SSSR count). The maximum Gasteiger partial charge on any atom is 0.328 e. The van der Waals surface area contributed by atoms with Crippen molar-refractivity contribution in [1.82, 2.24) is 9.55 Å². The Labute approximate surface area is 108 Å². The number of aromatic nitrogens is 2. The minimum Gasteiger partial charge on any atom is -0.491 e. The Hall–Kier alpha value is -2.34. The van der Waals surface area contributed by atoms with Crippen LogP contribution < -0.4 is 16.0 Å². The van der Waals surface area contributed by atoms with Crippen molar-refractivity contribution in [2.75, 3.05) is 6.61 Å². The summed E-state index contributed by atoms with van der Waals surface area (Å²) in [6, 6.07) is 10.3. The fourth-order valence-corrected chi connectivity index (χ4v) is 1.58. The maximum atomic E-state index is 11.4. The van der Waals surface area contributed by atoms with Crippen LogP contribution in [-0.4, -0.2) is 27.4 Å². The number of hydrogen-bond donors (Lipinski definition) is 2. The van der Waals surface area contributed by atoms with Crippen LogP contribution >= 0.6 is 0 Å². The van der Waals surface area contributed by atoms with Crippen molar-refractivity contribution in [3.63, 3.8) is 0 Å². The fraction of sp³-hybridized carbons (Fsp3) is 0.231. The molecule has 0 aliphatic carbocycles. The number of benzene rings is 1. The quantitative estimate of drug-likeness (QED) is 0.793. The van der Waals surface area contributed by atoms with Crippen LogP contribution in [0.5, 0.6) is 5.75 Å². The van der Waals surface area contributed by atoms with Crippen molar-refractivity contribution in [2.24, 2.45) is 0 Å². The maximum absolute atomic E-state index is 11.4. The SMILES string of the molecule is O=c1ccn(C[C@H](O)COc2ccccc2)c(=O)[nH]1. The lowest BCUT2D eigenvalue weighted by atomic mass is 10.3. The van der Waals surface area contributed by atoms with Gasteiger partial charge in [-0.25, -0.2) is 4.79 Å². The van der Waals surface area contributed by atoms with E-state index < -0.39 is 17.4 Å². The first-order valence-electron chi connectivity index (χ1n) is 5.81. The van der Waals surface area contributed by atoms with Gasteiger partial charge in [0.2, 0.25) is 0 Å². The van der Waals surface area contributed by atoms with Crippen LogP contribution in [0.3, 0.4) is 0 Å². The largest absolute Gasteiger partial charge is 0.491 e. The van der Waals surface area contributed by atoms with Gasteiger partial charge in [-0.15, -0.1) is 0 Å². The zero-order valence-corrected chi connectivity index (χ0v) is 10.2. The molecular weight excluding hydrogens is 248 g/mol. The molecule has 100 valence electrons. The molecule has 0 bridgehead atoms. The van der Waals surface area contributed by atoms with E-state index in [2.05, 4.69) is 4.98 Å². The molecule has 2 N–H and O–H groups in total. The van der Waals surface area contributed by atoms with Gasteiger partial charge >= 0.3 is 5.69 Å². The smallest absolute Gasteiger partial charge is 0.328 e. The van der Waals surface area contributed by atoms with Crippen molar-refractivity contribution >= 4 is 0 Å². The number of aliphatic hydroxyl groups is 1. The number of nitrogens with one attached hydrogen (secondary N) is 1. The molecule has 0 fully saturated rings. The molecule has 0 spiro atoms. The molecule has 2 aromatic rings. The molecule has 1 atom stereocenters. The van der Waals surface area contributed by atoms with Crippen LogP contribution in [0.15, 0.2) is 52.2 Å². The number of aromatic amines is 1. The summed E-state index contributed by atoms with van der Waals surface area (Å²) in [5.41, 5.74) is -1.01. The summed E-state index contributed by atoms with van der Waals surface area (Å²) in [5, 5.41) is 9.78. The molecular formula is C13H14N2O4. The molecule has 0 radical (unpaired) electrons. The Balaban J connectivity index is 1.92. The Morgan fingerprint density at radius 1 is 1.21 bits per heavy atom. The first kappa shape index (κ1) is 13.1. The summed E-state index contributed by atoms with van der Waals surface area (Å²) in [6.45, 7) is 0.123. The minimum atomic E-state index is -0.844. The molecule has 6 nitrogen and oxygen atoms in total. The summed E-state index contributed by atoms with van der Waals surface area (Å²) < 4.78 is 6.59. The summed E-state index contributed by atoms with van der Waals surface area (Å²) in [5.74, 6) is 0.648. The van der Waals surface area contributed by atoms with Crippen LogP contribution in [0.2, 0.25) is 0 Å². The molecule has 19 heavy (non-hydrogen) atoms. The van der Waals surface area contributed by atoms with Crippen LogP contribution in [0.4, 0.5) is 0 Å². The third-order valence-electron chi connectivity index (χ3n) is 2.49. The Bertz CT molecular complexity index is 633. The van der Waals surface area contributed by atoms with Gasteiger partial charge in [-0.05, 0) is 12.1 Å². The first-order valence-corrected chi connectivity index (χ1v) is 5.81. The normalized spacial score (nSPS) is 12.1. The van der Waals surface area contributed by atoms with E-state index >= 15 is 0 Å². The number of rotatable bonds is 5. The Kier molecular flexibility index (Phi) is 4.15. The predicted octanol–water partition coefficient (Wildman–Crippen LogP) is -0.0235. The molecule has 1 aromatic carbocycles. The van der Waals surface area contributed by atoms with Crippen LogP contribution in [0.25, 0.3) is 0 Å². The number of H-pyrrole nitrogens is 1. The second-order valence-electron chi connectivity index (χ2n) is 4.04. The van der Waals surface area contributed by atoms with E-state index in [0.29, 0.717) is 5.75 Å². The topological polar surface area (TPSA) is 84.3 Å². The Morgan fingerprint density at radius 2 is 1.95 bits per heavy atom. The highest BCUT2D eigenvalue weighted by Crippen LogP contribution is 2.08. The van der Waals surface area contributed by atoms with Gasteiger partial charge < -0.3 is 9.84 Å². The van der Waals surface area contributed by atoms with E-state index in [4.69, 9.17) is 4.74 Å².